The number of ether oxygens (including phenoxy) is 2. The second-order valence-electron chi connectivity index (χ2n) is 3.92. The molecule has 2 rings (SSSR count). The standard InChI is InChI=1S/C13H15N3O3/c1-16-5-4-14-13(16)15-12(17)9-6-10(18-2)8-11(7-9)19-3/h4-8H,1-3H3,(H,14,15,17). The van der Waals surface area contributed by atoms with Gasteiger partial charge in [0, 0.05) is 31.1 Å². The van der Waals surface area contributed by atoms with Gasteiger partial charge in [-0.3, -0.25) is 10.1 Å². The van der Waals surface area contributed by atoms with Crippen LogP contribution in [0.1, 0.15) is 10.4 Å². The van der Waals surface area contributed by atoms with Gasteiger partial charge in [-0.25, -0.2) is 4.98 Å². The van der Waals surface area contributed by atoms with Gasteiger partial charge in [-0.1, -0.05) is 0 Å². The van der Waals surface area contributed by atoms with Gasteiger partial charge in [-0.05, 0) is 12.1 Å². The molecule has 1 amide bonds. The van der Waals surface area contributed by atoms with Crippen molar-refractivity contribution in [2.45, 2.75) is 0 Å². The molecule has 6 nitrogen and oxygen atoms in total. The minimum absolute atomic E-state index is 0.272. The van der Waals surface area contributed by atoms with E-state index >= 15 is 0 Å². The lowest BCUT2D eigenvalue weighted by Crippen LogP contribution is -2.15. The summed E-state index contributed by atoms with van der Waals surface area (Å²) in [6.45, 7) is 0. The summed E-state index contributed by atoms with van der Waals surface area (Å²) < 4.78 is 12.0. The predicted molar refractivity (Wildman–Crippen MR) is 70.7 cm³/mol. The quantitative estimate of drug-likeness (QED) is 0.909. The number of hydrogen-bond donors (Lipinski definition) is 1. The van der Waals surface area contributed by atoms with Gasteiger partial charge in [0.25, 0.3) is 5.91 Å². The van der Waals surface area contributed by atoms with E-state index in [1.54, 1.807) is 42.2 Å². The lowest BCUT2D eigenvalue weighted by molar-refractivity contribution is 0.102. The third kappa shape index (κ3) is 2.85. The van der Waals surface area contributed by atoms with Crippen LogP contribution in [-0.4, -0.2) is 29.7 Å². The summed E-state index contributed by atoms with van der Waals surface area (Å²) in [6, 6.07) is 4.99. The van der Waals surface area contributed by atoms with Gasteiger partial charge < -0.3 is 14.0 Å². The summed E-state index contributed by atoms with van der Waals surface area (Å²) in [7, 11) is 4.87. The molecule has 0 aliphatic carbocycles. The number of carbonyl (C=O) groups excluding carboxylic acids is 1. The monoisotopic (exact) mass is 261 g/mol. The predicted octanol–water partition coefficient (Wildman–Crippen LogP) is 1.69. The Balaban J connectivity index is 2.25. The number of anilines is 1. The molecule has 0 spiro atoms. The highest BCUT2D eigenvalue weighted by molar-refractivity contribution is 6.03. The van der Waals surface area contributed by atoms with E-state index in [-0.39, 0.29) is 5.91 Å². The van der Waals surface area contributed by atoms with Crippen molar-refractivity contribution in [1.82, 2.24) is 9.55 Å². The Morgan fingerprint density at radius 2 is 1.84 bits per heavy atom. The summed E-state index contributed by atoms with van der Waals surface area (Å²) in [6.07, 6.45) is 3.36. The Bertz CT molecular complexity index is 570. The fraction of sp³-hybridized carbons (Fsp3) is 0.231. The maximum Gasteiger partial charge on any atom is 0.258 e. The van der Waals surface area contributed by atoms with Crippen LogP contribution in [0.4, 0.5) is 5.95 Å². The largest absolute Gasteiger partial charge is 0.497 e. The summed E-state index contributed by atoms with van der Waals surface area (Å²) in [4.78, 5) is 16.2. The van der Waals surface area contributed by atoms with Crippen LogP contribution in [0.3, 0.4) is 0 Å². The van der Waals surface area contributed by atoms with Crippen molar-refractivity contribution in [3.63, 3.8) is 0 Å². The molecule has 19 heavy (non-hydrogen) atoms. The Labute approximate surface area is 111 Å². The van der Waals surface area contributed by atoms with Gasteiger partial charge in [0.05, 0.1) is 14.2 Å². The normalized spacial score (nSPS) is 10.1. The molecule has 0 saturated carbocycles. The van der Waals surface area contributed by atoms with Crippen LogP contribution >= 0.6 is 0 Å². The van der Waals surface area contributed by atoms with E-state index in [0.717, 1.165) is 0 Å². The van der Waals surface area contributed by atoms with Crippen LogP contribution in [0.25, 0.3) is 0 Å². The molecule has 0 radical (unpaired) electrons. The fourth-order valence-corrected chi connectivity index (χ4v) is 1.60. The molecule has 1 aromatic carbocycles. The zero-order valence-electron chi connectivity index (χ0n) is 11.0. The lowest BCUT2D eigenvalue weighted by Gasteiger charge is -2.09. The average Bonchev–Trinajstić information content (AvgIpc) is 2.83. The van der Waals surface area contributed by atoms with Gasteiger partial charge in [-0.15, -0.1) is 0 Å². The molecule has 6 heteroatoms. The number of amides is 1. The van der Waals surface area contributed by atoms with Crippen molar-refractivity contribution in [2.75, 3.05) is 19.5 Å². The number of nitrogens with one attached hydrogen (secondary N) is 1. The first kappa shape index (κ1) is 12.9. The van der Waals surface area contributed by atoms with Crippen molar-refractivity contribution in [3.8, 4) is 11.5 Å². The SMILES string of the molecule is COc1cc(OC)cc(C(=O)Nc2nccn2C)c1. The highest BCUT2D eigenvalue weighted by Gasteiger charge is 2.11. The number of benzene rings is 1. The molecule has 0 unspecified atom stereocenters. The lowest BCUT2D eigenvalue weighted by atomic mass is 10.2. The van der Waals surface area contributed by atoms with E-state index in [2.05, 4.69) is 10.3 Å². The summed E-state index contributed by atoms with van der Waals surface area (Å²) in [5.74, 6) is 1.33. The van der Waals surface area contributed by atoms with E-state index in [1.165, 1.54) is 14.2 Å². The Morgan fingerprint density at radius 1 is 1.21 bits per heavy atom. The van der Waals surface area contributed by atoms with Crippen LogP contribution in [0.2, 0.25) is 0 Å². The van der Waals surface area contributed by atoms with E-state index in [0.29, 0.717) is 23.0 Å². The van der Waals surface area contributed by atoms with Crippen LogP contribution in [0, 0.1) is 0 Å². The highest BCUT2D eigenvalue weighted by atomic mass is 16.5. The maximum absolute atomic E-state index is 12.1. The third-order valence-corrected chi connectivity index (χ3v) is 2.66. The Kier molecular flexibility index (Phi) is 3.70. The molecule has 0 fully saturated rings. The van der Waals surface area contributed by atoms with Crippen molar-refractivity contribution in [3.05, 3.63) is 36.2 Å². The molecule has 1 aromatic heterocycles. The molecular formula is C13H15N3O3. The number of aromatic nitrogens is 2. The Hall–Kier alpha value is -2.50. The Morgan fingerprint density at radius 3 is 2.32 bits per heavy atom. The van der Waals surface area contributed by atoms with E-state index in [1.807, 2.05) is 0 Å². The molecule has 0 atom stereocenters. The summed E-state index contributed by atoms with van der Waals surface area (Å²) in [5, 5.41) is 2.71. The van der Waals surface area contributed by atoms with E-state index in [4.69, 9.17) is 9.47 Å². The van der Waals surface area contributed by atoms with Crippen LogP contribution in [-0.2, 0) is 7.05 Å². The zero-order chi connectivity index (χ0) is 13.8. The number of carbonyl (C=O) groups is 1. The molecule has 0 bridgehead atoms. The van der Waals surface area contributed by atoms with Crippen LogP contribution in [0.15, 0.2) is 30.6 Å². The fourth-order valence-electron chi connectivity index (χ4n) is 1.60. The number of aryl methyl sites for hydroxylation is 1. The molecule has 2 aromatic rings. The molecule has 1 N–H and O–H groups in total. The molecule has 100 valence electrons. The smallest absolute Gasteiger partial charge is 0.258 e. The minimum Gasteiger partial charge on any atom is -0.497 e. The number of methoxy groups -OCH3 is 2. The van der Waals surface area contributed by atoms with Gasteiger partial charge in [-0.2, -0.15) is 0 Å². The van der Waals surface area contributed by atoms with Crippen molar-refractivity contribution in [1.29, 1.82) is 0 Å². The second-order valence-corrected chi connectivity index (χ2v) is 3.92. The van der Waals surface area contributed by atoms with Crippen LogP contribution in [0.5, 0.6) is 11.5 Å². The highest BCUT2D eigenvalue weighted by Crippen LogP contribution is 2.23. The van der Waals surface area contributed by atoms with Gasteiger partial charge in [0.2, 0.25) is 5.95 Å². The molecule has 0 saturated heterocycles. The van der Waals surface area contributed by atoms with E-state index < -0.39 is 0 Å². The van der Waals surface area contributed by atoms with Crippen molar-refractivity contribution < 1.29 is 14.3 Å². The first-order chi connectivity index (χ1) is 9.13. The van der Waals surface area contributed by atoms with Gasteiger partial charge in [0.1, 0.15) is 11.5 Å². The van der Waals surface area contributed by atoms with Gasteiger partial charge in [0.15, 0.2) is 0 Å². The summed E-state index contributed by atoms with van der Waals surface area (Å²) in [5.41, 5.74) is 0.444. The number of imidazole rings is 1. The molecule has 0 aliphatic rings. The number of nitrogens with zero attached hydrogens (tertiary/aromatic N) is 2. The minimum atomic E-state index is -0.272. The maximum atomic E-state index is 12.1. The summed E-state index contributed by atoms with van der Waals surface area (Å²) >= 11 is 0. The number of hydrogen-bond acceptors (Lipinski definition) is 4. The van der Waals surface area contributed by atoms with Gasteiger partial charge >= 0.3 is 0 Å². The second kappa shape index (κ2) is 5.43. The van der Waals surface area contributed by atoms with Crippen molar-refractivity contribution >= 4 is 11.9 Å². The zero-order valence-corrected chi connectivity index (χ0v) is 11.0. The van der Waals surface area contributed by atoms with E-state index in [9.17, 15) is 4.79 Å². The molecular weight excluding hydrogens is 246 g/mol. The third-order valence-electron chi connectivity index (χ3n) is 2.66. The molecule has 1 heterocycles. The average molecular weight is 261 g/mol. The topological polar surface area (TPSA) is 65.4 Å². The number of rotatable bonds is 4. The van der Waals surface area contributed by atoms with Crippen LogP contribution < -0.4 is 14.8 Å². The van der Waals surface area contributed by atoms with Crippen molar-refractivity contribution in [2.24, 2.45) is 7.05 Å². The first-order valence-corrected chi connectivity index (χ1v) is 5.66. The first-order valence-electron chi connectivity index (χ1n) is 5.66. The molecule has 0 aliphatic heterocycles.